The van der Waals surface area contributed by atoms with Crippen molar-refractivity contribution in [3.8, 4) is 11.5 Å². The van der Waals surface area contributed by atoms with Gasteiger partial charge in [-0.15, -0.1) is 0 Å². The number of rotatable bonds is 6. The fourth-order valence-corrected chi connectivity index (χ4v) is 5.32. The summed E-state index contributed by atoms with van der Waals surface area (Å²) in [6, 6.07) is 21.4. The Labute approximate surface area is 235 Å². The molecule has 1 N–H and O–H groups in total. The smallest absolute Gasteiger partial charge is 0.337 e. The van der Waals surface area contributed by atoms with Crippen LogP contribution in [0.3, 0.4) is 0 Å². The van der Waals surface area contributed by atoms with Gasteiger partial charge in [0, 0.05) is 43.5 Å². The van der Waals surface area contributed by atoms with Gasteiger partial charge in [-0.05, 0) is 48.7 Å². The number of carbonyl (C=O) groups excluding carboxylic acids is 2. The van der Waals surface area contributed by atoms with Crippen LogP contribution >= 0.6 is 0 Å². The number of urea groups is 1. The van der Waals surface area contributed by atoms with E-state index >= 15 is 0 Å². The lowest BCUT2D eigenvalue weighted by Gasteiger charge is -2.34. The van der Waals surface area contributed by atoms with Crippen molar-refractivity contribution in [3.63, 3.8) is 0 Å². The van der Waals surface area contributed by atoms with E-state index in [-0.39, 0.29) is 18.0 Å². The van der Waals surface area contributed by atoms with E-state index in [0.717, 1.165) is 35.5 Å². The molecule has 0 radical (unpaired) electrons. The van der Waals surface area contributed by atoms with Crippen LogP contribution in [-0.2, 0) is 17.8 Å². The maximum absolute atomic E-state index is 13.1. The van der Waals surface area contributed by atoms with E-state index in [1.165, 1.54) is 10.6 Å². The summed E-state index contributed by atoms with van der Waals surface area (Å²) in [5.41, 5.74) is 5.39. The molecule has 3 aromatic rings. The zero-order valence-corrected chi connectivity index (χ0v) is 23.4. The van der Waals surface area contributed by atoms with Gasteiger partial charge in [0.15, 0.2) is 11.5 Å². The third-order valence-corrected chi connectivity index (χ3v) is 7.43. The predicted octanol–water partition coefficient (Wildman–Crippen LogP) is 3.89. The Morgan fingerprint density at radius 3 is 2.35 bits per heavy atom. The van der Waals surface area contributed by atoms with Gasteiger partial charge in [0.2, 0.25) is 5.91 Å². The van der Waals surface area contributed by atoms with Gasteiger partial charge < -0.3 is 19.7 Å². The van der Waals surface area contributed by atoms with Crippen molar-refractivity contribution in [3.05, 3.63) is 89.0 Å². The Morgan fingerprint density at radius 2 is 1.70 bits per heavy atom. The highest BCUT2D eigenvalue weighted by atomic mass is 16.5. The van der Waals surface area contributed by atoms with E-state index in [9.17, 15) is 9.59 Å². The molecule has 0 aliphatic carbocycles. The molecule has 9 heteroatoms. The molecule has 0 bridgehead atoms. The van der Waals surface area contributed by atoms with E-state index in [1.807, 2.05) is 66.4 Å². The van der Waals surface area contributed by atoms with Crippen LogP contribution in [0.5, 0.6) is 11.5 Å². The van der Waals surface area contributed by atoms with Gasteiger partial charge in [-0.3, -0.25) is 9.69 Å². The first-order valence-corrected chi connectivity index (χ1v) is 13.4. The Morgan fingerprint density at radius 1 is 1.00 bits per heavy atom. The number of nitrogens with one attached hydrogen (secondary N) is 1. The van der Waals surface area contributed by atoms with E-state index in [1.54, 1.807) is 21.3 Å². The van der Waals surface area contributed by atoms with Gasteiger partial charge in [0.1, 0.15) is 0 Å². The average Bonchev–Trinajstić information content (AvgIpc) is 3.12. The minimum Gasteiger partial charge on any atom is -0.493 e. The molecule has 3 amide bonds. The number of carbonyl (C=O) groups is 2. The third-order valence-electron chi connectivity index (χ3n) is 7.43. The Kier molecular flexibility index (Phi) is 8.02. The van der Waals surface area contributed by atoms with Crippen LogP contribution in [-0.4, -0.2) is 74.5 Å². The van der Waals surface area contributed by atoms with E-state index in [0.29, 0.717) is 36.7 Å². The highest BCUT2D eigenvalue weighted by molar-refractivity contribution is 6.14. The van der Waals surface area contributed by atoms with Gasteiger partial charge in [-0.1, -0.05) is 42.5 Å². The lowest BCUT2D eigenvalue weighted by atomic mass is 9.94. The van der Waals surface area contributed by atoms with Crippen LogP contribution < -0.4 is 19.7 Å². The van der Waals surface area contributed by atoms with Crippen molar-refractivity contribution >= 4 is 23.3 Å². The summed E-state index contributed by atoms with van der Waals surface area (Å²) < 4.78 is 11.1. The van der Waals surface area contributed by atoms with E-state index < -0.39 is 0 Å². The van der Waals surface area contributed by atoms with Crippen LogP contribution in [0.2, 0.25) is 0 Å². The van der Waals surface area contributed by atoms with Crippen LogP contribution in [0.25, 0.3) is 0 Å². The first-order valence-electron chi connectivity index (χ1n) is 13.4. The number of methoxy groups -OCH3 is 2. The summed E-state index contributed by atoms with van der Waals surface area (Å²) in [5.74, 6) is 1.29. The molecule has 208 valence electrons. The monoisotopic (exact) mass is 541 g/mol. The van der Waals surface area contributed by atoms with Crippen LogP contribution in [0.15, 0.2) is 71.8 Å². The SMILES string of the molecule is CNC(=O)N1N=C(c2ccc(N3CCN(Cc4ccccc4)CC3=O)cc2)c2cc(OC)c(OC)cc2CC1C. The number of ether oxygens (including phenoxy) is 2. The minimum absolute atomic E-state index is 0.0727. The molecule has 9 nitrogen and oxygen atoms in total. The maximum Gasteiger partial charge on any atom is 0.337 e. The Hall–Kier alpha value is -4.37. The molecule has 2 heterocycles. The number of piperazine rings is 1. The molecule has 2 aliphatic rings. The highest BCUT2D eigenvalue weighted by Crippen LogP contribution is 2.35. The second kappa shape index (κ2) is 11.8. The van der Waals surface area contributed by atoms with Crippen molar-refractivity contribution in [2.24, 2.45) is 5.10 Å². The van der Waals surface area contributed by atoms with E-state index in [4.69, 9.17) is 14.6 Å². The number of hydrogen-bond donors (Lipinski definition) is 1. The lowest BCUT2D eigenvalue weighted by Crippen LogP contribution is -2.50. The second-order valence-corrected chi connectivity index (χ2v) is 10.1. The summed E-state index contributed by atoms with van der Waals surface area (Å²) in [6.07, 6.45) is 0.593. The standard InChI is InChI=1S/C31H35N5O4/c1-21-16-24-17-27(39-3)28(40-4)18-26(24)30(33-36(21)31(38)32-2)23-10-12-25(13-11-23)35-15-14-34(20-29(35)37)19-22-8-6-5-7-9-22/h5-13,17-18,21H,14-16,19-20H2,1-4H3,(H,32,38). The molecule has 2 aliphatic heterocycles. The molecule has 5 rings (SSSR count). The molecule has 0 spiro atoms. The molecule has 3 aromatic carbocycles. The molecule has 1 fully saturated rings. The topological polar surface area (TPSA) is 86.7 Å². The number of hydrazone groups is 1. The fraction of sp³-hybridized carbons (Fsp3) is 0.323. The van der Waals surface area contributed by atoms with Crippen molar-refractivity contribution in [2.75, 3.05) is 45.8 Å². The molecule has 1 atom stereocenters. The fourth-order valence-electron chi connectivity index (χ4n) is 5.32. The van der Waals surface area contributed by atoms with Gasteiger partial charge >= 0.3 is 6.03 Å². The summed E-state index contributed by atoms with van der Waals surface area (Å²) in [6.45, 7) is 4.51. The number of amides is 3. The van der Waals surface area contributed by atoms with Crippen LogP contribution in [0, 0.1) is 0 Å². The summed E-state index contributed by atoms with van der Waals surface area (Å²) in [5, 5.41) is 9.01. The van der Waals surface area contributed by atoms with Gasteiger partial charge in [-0.25, -0.2) is 9.80 Å². The molecule has 40 heavy (non-hydrogen) atoms. The predicted molar refractivity (Wildman–Crippen MR) is 155 cm³/mol. The number of hydrogen-bond acceptors (Lipinski definition) is 6. The zero-order valence-electron chi connectivity index (χ0n) is 23.4. The Balaban J connectivity index is 1.43. The molecule has 0 saturated carbocycles. The molecule has 1 saturated heterocycles. The number of nitrogens with zero attached hydrogens (tertiary/aromatic N) is 4. The van der Waals surface area contributed by atoms with Gasteiger partial charge in [0.05, 0.1) is 32.5 Å². The zero-order chi connectivity index (χ0) is 28.2. The first-order chi connectivity index (χ1) is 19.4. The lowest BCUT2D eigenvalue weighted by molar-refractivity contribution is -0.121. The number of fused-ring (bicyclic) bond motifs is 1. The van der Waals surface area contributed by atoms with E-state index in [2.05, 4.69) is 22.3 Å². The quantitative estimate of drug-likeness (QED) is 0.512. The summed E-state index contributed by atoms with van der Waals surface area (Å²) >= 11 is 0. The number of benzene rings is 3. The van der Waals surface area contributed by atoms with Crippen molar-refractivity contribution in [1.29, 1.82) is 0 Å². The van der Waals surface area contributed by atoms with Crippen molar-refractivity contribution in [1.82, 2.24) is 15.2 Å². The van der Waals surface area contributed by atoms with Crippen molar-refractivity contribution in [2.45, 2.75) is 25.9 Å². The second-order valence-electron chi connectivity index (χ2n) is 10.1. The van der Waals surface area contributed by atoms with Crippen molar-refractivity contribution < 1.29 is 19.1 Å². The largest absolute Gasteiger partial charge is 0.493 e. The molecular weight excluding hydrogens is 506 g/mol. The molecule has 1 unspecified atom stereocenters. The average molecular weight is 542 g/mol. The number of anilines is 1. The van der Waals surface area contributed by atoms with Crippen LogP contribution in [0.4, 0.5) is 10.5 Å². The maximum atomic E-state index is 13.1. The summed E-state index contributed by atoms with van der Waals surface area (Å²) in [4.78, 5) is 29.9. The van der Waals surface area contributed by atoms with Crippen LogP contribution in [0.1, 0.15) is 29.2 Å². The molecular formula is C31H35N5O4. The summed E-state index contributed by atoms with van der Waals surface area (Å²) in [7, 11) is 4.81. The Bertz CT molecular complexity index is 1410. The van der Waals surface area contributed by atoms with Gasteiger partial charge in [-0.2, -0.15) is 5.10 Å². The molecule has 0 aromatic heterocycles. The normalized spacial score (nSPS) is 17.6. The highest BCUT2D eigenvalue weighted by Gasteiger charge is 2.29. The minimum atomic E-state index is -0.285. The first kappa shape index (κ1) is 27.2. The van der Waals surface area contributed by atoms with Gasteiger partial charge in [0.25, 0.3) is 0 Å². The third kappa shape index (κ3) is 5.51.